The summed E-state index contributed by atoms with van der Waals surface area (Å²) in [6.07, 6.45) is 2.86. The number of hydrogen-bond acceptors (Lipinski definition) is 3. The fraction of sp³-hybridized carbons (Fsp3) is 0.238. The predicted molar refractivity (Wildman–Crippen MR) is 97.8 cm³/mol. The summed E-state index contributed by atoms with van der Waals surface area (Å²) in [5, 5.41) is 10.6. The molecule has 0 unspecified atom stereocenters. The highest BCUT2D eigenvalue weighted by molar-refractivity contribution is 5.89. The maximum Gasteiger partial charge on any atom is 0.335 e. The van der Waals surface area contributed by atoms with Gasteiger partial charge < -0.3 is 5.11 Å². The maximum atomic E-state index is 11.5. The van der Waals surface area contributed by atoms with Gasteiger partial charge in [-0.1, -0.05) is 36.4 Å². The van der Waals surface area contributed by atoms with Crippen LogP contribution in [0.4, 0.5) is 0 Å². The number of aromatic nitrogens is 1. The minimum absolute atomic E-state index is 0.278. The Hall–Kier alpha value is -2.72. The van der Waals surface area contributed by atoms with Crippen LogP contribution < -0.4 is 0 Å². The lowest BCUT2D eigenvalue weighted by atomic mass is 9.93. The van der Waals surface area contributed by atoms with Crippen LogP contribution in [0.15, 0.2) is 60.8 Å². The van der Waals surface area contributed by atoms with E-state index in [2.05, 4.69) is 22.0 Å². The molecule has 1 aliphatic rings. The molecule has 1 atom stereocenters. The average molecular weight is 332 g/mol. The van der Waals surface area contributed by atoms with Crippen molar-refractivity contribution in [3.05, 3.63) is 77.5 Å². The zero-order valence-corrected chi connectivity index (χ0v) is 13.9. The van der Waals surface area contributed by atoms with Crippen molar-refractivity contribution in [3.63, 3.8) is 0 Å². The number of para-hydroxylation sites is 1. The minimum Gasteiger partial charge on any atom is -0.478 e. The molecule has 0 spiro atoms. The summed E-state index contributed by atoms with van der Waals surface area (Å²) >= 11 is 0. The molecule has 1 aliphatic heterocycles. The van der Waals surface area contributed by atoms with E-state index in [0.717, 1.165) is 37.1 Å². The number of pyridine rings is 1. The Morgan fingerprint density at radius 2 is 1.92 bits per heavy atom. The van der Waals surface area contributed by atoms with Gasteiger partial charge in [0.2, 0.25) is 0 Å². The average Bonchev–Trinajstić information content (AvgIpc) is 3.10. The van der Waals surface area contributed by atoms with Crippen LogP contribution in [0.1, 0.15) is 33.8 Å². The first-order chi connectivity index (χ1) is 12.2. The van der Waals surface area contributed by atoms with E-state index < -0.39 is 5.97 Å². The molecule has 4 nitrogen and oxygen atoms in total. The second-order valence-electron chi connectivity index (χ2n) is 6.60. The molecule has 2 heterocycles. The Morgan fingerprint density at radius 3 is 2.80 bits per heavy atom. The molecule has 1 saturated heterocycles. The number of aromatic carboxylic acids is 1. The summed E-state index contributed by atoms with van der Waals surface area (Å²) in [5.74, 6) is -0.561. The summed E-state index contributed by atoms with van der Waals surface area (Å²) in [6.45, 7) is 2.74. The minimum atomic E-state index is -0.839. The molecule has 0 aliphatic carbocycles. The fourth-order valence-electron chi connectivity index (χ4n) is 3.81. The Balaban J connectivity index is 1.54. The highest BCUT2D eigenvalue weighted by atomic mass is 16.4. The molecule has 1 fully saturated rings. The van der Waals surface area contributed by atoms with Crippen LogP contribution in [-0.2, 0) is 6.54 Å². The van der Waals surface area contributed by atoms with E-state index >= 15 is 0 Å². The van der Waals surface area contributed by atoms with Crippen molar-refractivity contribution in [3.8, 4) is 0 Å². The van der Waals surface area contributed by atoms with Gasteiger partial charge in [0.25, 0.3) is 0 Å². The zero-order valence-electron chi connectivity index (χ0n) is 13.9. The van der Waals surface area contributed by atoms with Gasteiger partial charge in [-0.2, -0.15) is 0 Å². The van der Waals surface area contributed by atoms with Gasteiger partial charge >= 0.3 is 5.97 Å². The Labute approximate surface area is 146 Å². The van der Waals surface area contributed by atoms with E-state index in [4.69, 9.17) is 0 Å². The van der Waals surface area contributed by atoms with Gasteiger partial charge in [-0.15, -0.1) is 0 Å². The molecule has 1 aromatic heterocycles. The monoisotopic (exact) mass is 332 g/mol. The molecule has 0 radical (unpaired) electrons. The SMILES string of the molecule is O=C(O)c1ccccc1[C@@H]1CCN(Cc2ccnc3ccccc23)C1. The third-order valence-corrected chi connectivity index (χ3v) is 5.04. The van der Waals surface area contributed by atoms with Crippen LogP contribution in [0.25, 0.3) is 10.9 Å². The van der Waals surface area contributed by atoms with Gasteiger partial charge in [-0.25, -0.2) is 4.79 Å². The summed E-state index contributed by atoms with van der Waals surface area (Å²) in [5.41, 5.74) is 3.69. The third-order valence-electron chi connectivity index (χ3n) is 5.04. The van der Waals surface area contributed by atoms with Gasteiger partial charge in [-0.3, -0.25) is 9.88 Å². The predicted octanol–water partition coefficient (Wildman–Crippen LogP) is 3.92. The van der Waals surface area contributed by atoms with E-state index in [1.807, 2.05) is 36.5 Å². The van der Waals surface area contributed by atoms with E-state index in [1.54, 1.807) is 12.1 Å². The van der Waals surface area contributed by atoms with Gasteiger partial charge in [0.1, 0.15) is 0 Å². The molecule has 0 saturated carbocycles. The van der Waals surface area contributed by atoms with Crippen LogP contribution in [0.5, 0.6) is 0 Å². The van der Waals surface area contributed by atoms with E-state index in [0.29, 0.717) is 5.56 Å². The first-order valence-electron chi connectivity index (χ1n) is 8.59. The highest BCUT2D eigenvalue weighted by Crippen LogP contribution is 2.31. The maximum absolute atomic E-state index is 11.5. The molecule has 0 bridgehead atoms. The van der Waals surface area contributed by atoms with Gasteiger partial charge in [0.05, 0.1) is 11.1 Å². The molecule has 25 heavy (non-hydrogen) atoms. The summed E-state index contributed by atoms with van der Waals surface area (Å²) in [6, 6.07) is 17.7. The van der Waals surface area contributed by atoms with E-state index in [9.17, 15) is 9.90 Å². The fourth-order valence-corrected chi connectivity index (χ4v) is 3.81. The lowest BCUT2D eigenvalue weighted by molar-refractivity contribution is 0.0695. The first-order valence-corrected chi connectivity index (χ1v) is 8.59. The largest absolute Gasteiger partial charge is 0.478 e. The van der Waals surface area contributed by atoms with Gasteiger partial charge in [0, 0.05) is 24.7 Å². The number of benzene rings is 2. The van der Waals surface area contributed by atoms with Crippen molar-refractivity contribution in [2.45, 2.75) is 18.9 Å². The quantitative estimate of drug-likeness (QED) is 0.787. The number of rotatable bonds is 4. The normalized spacial score (nSPS) is 17.8. The Morgan fingerprint density at radius 1 is 1.12 bits per heavy atom. The highest BCUT2D eigenvalue weighted by Gasteiger charge is 2.27. The summed E-state index contributed by atoms with van der Waals surface area (Å²) in [7, 11) is 0. The topological polar surface area (TPSA) is 53.4 Å². The van der Waals surface area contributed by atoms with Crippen LogP contribution in [0.3, 0.4) is 0 Å². The van der Waals surface area contributed by atoms with Crippen LogP contribution in [-0.4, -0.2) is 34.0 Å². The second-order valence-corrected chi connectivity index (χ2v) is 6.60. The van der Waals surface area contributed by atoms with Crippen molar-refractivity contribution in [2.75, 3.05) is 13.1 Å². The lowest BCUT2D eigenvalue weighted by Crippen LogP contribution is -2.20. The standard InChI is InChI=1S/C21H20N2O2/c24-21(25)19-7-2-1-5-17(19)16-10-12-23(14-16)13-15-9-11-22-20-8-4-3-6-18(15)20/h1-9,11,16H,10,12-14H2,(H,24,25)/t16-/m1/s1. The van der Waals surface area contributed by atoms with Crippen LogP contribution in [0, 0.1) is 0 Å². The van der Waals surface area contributed by atoms with Crippen molar-refractivity contribution >= 4 is 16.9 Å². The number of fused-ring (bicyclic) bond motifs is 1. The van der Waals surface area contributed by atoms with Crippen LogP contribution in [0.2, 0.25) is 0 Å². The summed E-state index contributed by atoms with van der Waals surface area (Å²) in [4.78, 5) is 18.3. The lowest BCUT2D eigenvalue weighted by Gasteiger charge is -2.18. The molecular formula is C21H20N2O2. The van der Waals surface area contributed by atoms with Crippen LogP contribution >= 0.6 is 0 Å². The molecule has 4 heteroatoms. The first kappa shape index (κ1) is 15.8. The van der Waals surface area contributed by atoms with Crippen molar-refractivity contribution in [2.24, 2.45) is 0 Å². The molecule has 126 valence electrons. The number of hydrogen-bond donors (Lipinski definition) is 1. The smallest absolute Gasteiger partial charge is 0.335 e. The number of carboxylic acid groups (broad SMARTS) is 1. The van der Waals surface area contributed by atoms with Gasteiger partial charge in [0.15, 0.2) is 0 Å². The number of likely N-dealkylation sites (tertiary alicyclic amines) is 1. The van der Waals surface area contributed by atoms with Crippen molar-refractivity contribution in [1.29, 1.82) is 0 Å². The molecule has 2 aromatic carbocycles. The second kappa shape index (κ2) is 6.65. The molecule has 0 amide bonds. The van der Waals surface area contributed by atoms with E-state index in [1.165, 1.54) is 10.9 Å². The zero-order chi connectivity index (χ0) is 17.2. The number of carboxylic acids is 1. The van der Waals surface area contributed by atoms with Crippen molar-refractivity contribution in [1.82, 2.24) is 9.88 Å². The number of carbonyl (C=O) groups is 1. The van der Waals surface area contributed by atoms with E-state index in [-0.39, 0.29) is 5.92 Å². The Kier molecular flexibility index (Phi) is 4.20. The molecule has 4 rings (SSSR count). The Bertz CT molecular complexity index is 917. The van der Waals surface area contributed by atoms with Crippen molar-refractivity contribution < 1.29 is 9.90 Å². The third kappa shape index (κ3) is 3.13. The molecule has 3 aromatic rings. The van der Waals surface area contributed by atoms with Gasteiger partial charge in [-0.05, 0) is 48.2 Å². The summed E-state index contributed by atoms with van der Waals surface area (Å²) < 4.78 is 0. The molecule has 1 N–H and O–H groups in total. The molecular weight excluding hydrogens is 312 g/mol. The number of nitrogens with zero attached hydrogens (tertiary/aromatic N) is 2.